The predicted octanol–water partition coefficient (Wildman–Crippen LogP) is 6.51. The van der Waals surface area contributed by atoms with Crippen LogP contribution in [0, 0.1) is 7.43 Å². The Bertz CT molecular complexity index is 38.7. The molecule has 1 N–H and O–H groups in total. The Hall–Kier alpha value is -1.25. The predicted molar refractivity (Wildman–Crippen MR) is 82.9 cm³/mol. The van der Waals surface area contributed by atoms with E-state index in [1.54, 1.807) is 0 Å². The van der Waals surface area contributed by atoms with Crippen LogP contribution in [0.25, 0.3) is 0 Å². The molecule has 0 aliphatic rings. The second-order valence-corrected chi connectivity index (χ2v) is 1.11. The van der Waals surface area contributed by atoms with Crippen molar-refractivity contribution in [3.63, 3.8) is 0 Å². The van der Waals surface area contributed by atoms with E-state index in [0.29, 0.717) is 0 Å². The van der Waals surface area contributed by atoms with Gasteiger partial charge in [0.1, 0.15) is 0 Å². The standard InChI is InChI=1S/C2H5FO.2C2H5F.6CH4.CH3.Rf/c1-2(3)4;2*1-2-3;;;;;;;;/h2,4H,1H3;2*2H2,1H3;6*1H4;1H3;/q;;;;;;;;;-1;. The minimum atomic E-state index is -1.67. The van der Waals surface area contributed by atoms with Crippen LogP contribution in [0.3, 0.4) is 0 Å². The molecule has 0 aromatic carbocycles. The number of alkyl halides is 3. The average molecular weight is 538 g/mol. The first-order valence-electron chi connectivity index (χ1n) is 3.00. The van der Waals surface area contributed by atoms with Gasteiger partial charge in [-0.3, -0.25) is 8.78 Å². The van der Waals surface area contributed by atoms with Crippen molar-refractivity contribution in [2.45, 2.75) is 71.7 Å². The Morgan fingerprint density at radius 3 is 0.833 bits per heavy atom. The van der Waals surface area contributed by atoms with Gasteiger partial charge in [0.15, 0.2) is 6.36 Å². The number of rotatable bonds is 0. The molecule has 5 heteroatoms. The van der Waals surface area contributed by atoms with E-state index >= 15 is 0 Å². The fourth-order valence-corrected chi connectivity index (χ4v) is 0. The number of hydrogen-bond acceptors (Lipinski definition) is 1. The van der Waals surface area contributed by atoms with Crippen LogP contribution in [0.1, 0.15) is 65.3 Å². The summed E-state index contributed by atoms with van der Waals surface area (Å²) in [5.74, 6) is 0. The molecule has 0 fully saturated rings. The summed E-state index contributed by atoms with van der Waals surface area (Å²) in [6.07, 6.45) is -1.67. The second kappa shape index (κ2) is 244. The van der Waals surface area contributed by atoms with E-state index in [9.17, 15) is 13.2 Å². The Labute approximate surface area is 111 Å². The molecule has 0 bridgehead atoms. The molecule has 1 unspecified atom stereocenters. The minimum absolute atomic E-state index is 0. The zero-order valence-electron chi connectivity index (χ0n) is 8.28. The quantitative estimate of drug-likeness (QED) is 0.349. The molecule has 0 spiro atoms. The SMILES string of the molecule is C.C.C.C.C.C.CC(O)F.CCF.CCF.[CH3-].[Rf]. The number of halogens is 3. The molecule has 0 aliphatic heterocycles. The van der Waals surface area contributed by atoms with E-state index in [1.807, 2.05) is 0 Å². The van der Waals surface area contributed by atoms with Crippen molar-refractivity contribution >= 4 is 0 Å². The van der Waals surface area contributed by atoms with Gasteiger partial charge in [0.05, 0.1) is 13.3 Å². The molecule has 0 aromatic rings. The first-order valence-corrected chi connectivity index (χ1v) is 3.00. The maximum absolute atomic E-state index is 10.6. The van der Waals surface area contributed by atoms with Gasteiger partial charge in [-0.05, 0) is 20.8 Å². The molecular weight excluding hydrogens is 496 g/mol. The summed E-state index contributed by atoms with van der Waals surface area (Å²) in [5.41, 5.74) is 0. The van der Waals surface area contributed by atoms with E-state index in [1.165, 1.54) is 13.8 Å². The molecule has 0 rings (SSSR count). The second-order valence-electron chi connectivity index (χ2n) is 1.11. The van der Waals surface area contributed by atoms with Gasteiger partial charge in [-0.15, -0.1) is 0 Å². The van der Waals surface area contributed by atoms with Gasteiger partial charge in [0.2, 0.25) is 0 Å². The van der Waals surface area contributed by atoms with Gasteiger partial charge in [-0.2, -0.15) is 0 Å². The molecule has 0 saturated heterocycles. The van der Waals surface area contributed by atoms with Gasteiger partial charge >= 0.3 is 0 Å². The van der Waals surface area contributed by atoms with E-state index < -0.39 is 6.36 Å². The average Bonchev–Trinajstić information content (AvgIpc) is 1.65. The van der Waals surface area contributed by atoms with Crippen LogP contribution in [-0.2, 0) is 0 Å². The topological polar surface area (TPSA) is 20.2 Å². The zero-order chi connectivity index (χ0) is 8.99. The maximum atomic E-state index is 10.6. The van der Waals surface area contributed by atoms with Crippen LogP contribution in [0.2, 0.25) is 0 Å². The summed E-state index contributed by atoms with van der Waals surface area (Å²) in [5, 5.41) is 7.39. The van der Waals surface area contributed by atoms with Crippen molar-refractivity contribution in [1.82, 2.24) is 0 Å². The van der Waals surface area contributed by atoms with E-state index in [2.05, 4.69) is 0 Å². The Balaban J connectivity index is -0.00000000374. The first kappa shape index (κ1) is 126. The summed E-state index contributed by atoms with van der Waals surface area (Å²) in [6.45, 7) is 3.47. The van der Waals surface area contributed by atoms with Gasteiger partial charge in [0.25, 0.3) is 0 Å². The normalized spacial score (nSPS) is 5.50. The molecular formula is C13H42F3ORf-. The fourth-order valence-electron chi connectivity index (χ4n) is 0. The van der Waals surface area contributed by atoms with Crippen molar-refractivity contribution in [2.75, 3.05) is 13.3 Å². The van der Waals surface area contributed by atoms with Crippen LogP contribution in [0.4, 0.5) is 13.2 Å². The van der Waals surface area contributed by atoms with Gasteiger partial charge < -0.3 is 12.5 Å². The van der Waals surface area contributed by atoms with Crippen LogP contribution in [0.5, 0.6) is 0 Å². The Morgan fingerprint density at radius 2 is 0.833 bits per heavy atom. The van der Waals surface area contributed by atoms with E-state index in [4.69, 9.17) is 5.11 Å². The molecule has 124 valence electrons. The summed E-state index contributed by atoms with van der Waals surface area (Å²) >= 11 is 0. The molecule has 0 aromatic heterocycles. The first-order chi connectivity index (χ1) is 4.56. The fraction of sp³-hybridized carbons (Fsp3) is 0.923. The number of hydrogen-bond donors (Lipinski definition) is 1. The largest absolute Gasteiger partial charge is 0.364 e. The zero-order valence-corrected chi connectivity index (χ0v) is 14.7. The molecule has 1 atom stereocenters. The van der Waals surface area contributed by atoms with Crippen LogP contribution in [0.15, 0.2) is 0 Å². The van der Waals surface area contributed by atoms with Crippen LogP contribution in [-0.4, -0.2) is 24.8 Å². The Kier molecular flexibility index (Phi) is 1700. The van der Waals surface area contributed by atoms with Crippen molar-refractivity contribution < 1.29 is 18.3 Å². The third-order valence-corrected chi connectivity index (χ3v) is 0. The van der Waals surface area contributed by atoms with Gasteiger partial charge in [-0.25, -0.2) is 4.39 Å². The number of aliphatic hydroxyl groups is 1. The summed E-state index contributed by atoms with van der Waals surface area (Å²) in [7, 11) is 0. The van der Waals surface area contributed by atoms with E-state index in [0.717, 1.165) is 6.92 Å². The summed E-state index contributed by atoms with van der Waals surface area (Å²) in [6, 6.07) is 0. The van der Waals surface area contributed by atoms with Gasteiger partial charge in [-0.1, -0.05) is 44.6 Å². The minimum Gasteiger partial charge on any atom is -0.364 e. The molecule has 18 heavy (non-hydrogen) atoms. The summed E-state index contributed by atoms with van der Waals surface area (Å²) < 4.78 is 31.1. The van der Waals surface area contributed by atoms with Crippen LogP contribution >= 0.6 is 0 Å². The molecule has 0 heterocycles. The van der Waals surface area contributed by atoms with Crippen molar-refractivity contribution in [2.24, 2.45) is 0 Å². The molecule has 0 amide bonds. The third kappa shape index (κ3) is 1780. The number of aliphatic hydroxyl groups excluding tert-OH is 1. The van der Waals surface area contributed by atoms with E-state index in [-0.39, 0.29) is 65.3 Å². The van der Waals surface area contributed by atoms with Crippen molar-refractivity contribution in [1.29, 1.82) is 0 Å². The molecule has 0 saturated carbocycles. The third-order valence-electron chi connectivity index (χ3n) is 0. The maximum Gasteiger partial charge on any atom is 0.193 e. The van der Waals surface area contributed by atoms with Crippen LogP contribution < -0.4 is 0 Å². The van der Waals surface area contributed by atoms with Gasteiger partial charge in [0, 0.05) is 0 Å². The smallest absolute Gasteiger partial charge is 0.193 e. The molecule has 0 radical (unpaired) electrons. The molecule has 1 nitrogen and oxygen atoms in total. The monoisotopic (exact) mass is 538 g/mol. The van der Waals surface area contributed by atoms with Crippen molar-refractivity contribution in [3.05, 3.63) is 7.43 Å². The van der Waals surface area contributed by atoms with Crippen molar-refractivity contribution in [3.8, 4) is 0 Å². The molecule has 0 aliphatic carbocycles. The summed E-state index contributed by atoms with van der Waals surface area (Å²) in [4.78, 5) is 0. The Morgan fingerprint density at radius 1 is 0.833 bits per heavy atom.